The van der Waals surface area contributed by atoms with Gasteiger partial charge in [-0.05, 0) is 38.0 Å². The standard InChI is InChI=1S/C18H24N2O4/c1-4-5-16(20(13(2)3)17(21)10-11-19)14-6-8-15(9-7-14)24-12-18(22)23/h6-9,13,16H,4-5,10,12H2,1-3H3,(H,22,23). The third kappa shape index (κ3) is 5.58. The van der Waals surface area contributed by atoms with Crippen molar-refractivity contribution < 1.29 is 19.4 Å². The number of nitriles is 1. The minimum absolute atomic E-state index is 0.0228. The number of nitrogens with zero attached hydrogens (tertiary/aromatic N) is 2. The molecule has 1 amide bonds. The Hall–Kier alpha value is -2.55. The molecule has 0 aliphatic heterocycles. The number of amides is 1. The van der Waals surface area contributed by atoms with E-state index in [1.54, 1.807) is 17.0 Å². The first-order valence-electron chi connectivity index (χ1n) is 8.03. The van der Waals surface area contributed by atoms with E-state index in [-0.39, 0.29) is 24.4 Å². The molecule has 0 bridgehead atoms. The van der Waals surface area contributed by atoms with Gasteiger partial charge < -0.3 is 14.7 Å². The van der Waals surface area contributed by atoms with Crippen molar-refractivity contribution in [2.24, 2.45) is 0 Å². The van der Waals surface area contributed by atoms with Gasteiger partial charge in [-0.2, -0.15) is 5.26 Å². The van der Waals surface area contributed by atoms with Gasteiger partial charge in [0.1, 0.15) is 12.2 Å². The van der Waals surface area contributed by atoms with Crippen molar-refractivity contribution in [3.63, 3.8) is 0 Å². The van der Waals surface area contributed by atoms with Crippen molar-refractivity contribution in [2.45, 2.75) is 52.1 Å². The van der Waals surface area contributed by atoms with E-state index >= 15 is 0 Å². The summed E-state index contributed by atoms with van der Waals surface area (Å²) in [5, 5.41) is 17.5. The van der Waals surface area contributed by atoms with Crippen molar-refractivity contribution in [3.05, 3.63) is 29.8 Å². The number of carbonyl (C=O) groups excluding carboxylic acids is 1. The summed E-state index contributed by atoms with van der Waals surface area (Å²) in [6.45, 7) is 5.52. The van der Waals surface area contributed by atoms with Crippen molar-refractivity contribution in [3.8, 4) is 11.8 Å². The van der Waals surface area contributed by atoms with Gasteiger partial charge in [0.25, 0.3) is 0 Å². The molecule has 0 aliphatic rings. The summed E-state index contributed by atoms with van der Waals surface area (Å²) in [5.41, 5.74) is 0.944. The third-order valence-electron chi connectivity index (χ3n) is 3.60. The minimum atomic E-state index is -1.03. The Balaban J connectivity index is 3.02. The molecule has 6 heteroatoms. The maximum atomic E-state index is 12.3. The van der Waals surface area contributed by atoms with Crippen LogP contribution in [-0.2, 0) is 9.59 Å². The lowest BCUT2D eigenvalue weighted by atomic mass is 9.98. The van der Waals surface area contributed by atoms with Crippen molar-refractivity contribution in [1.82, 2.24) is 4.90 Å². The lowest BCUT2D eigenvalue weighted by Gasteiger charge is -2.35. The summed E-state index contributed by atoms with van der Waals surface area (Å²) in [7, 11) is 0. The van der Waals surface area contributed by atoms with E-state index in [1.807, 2.05) is 39.0 Å². The molecule has 1 unspecified atom stereocenters. The van der Waals surface area contributed by atoms with Crippen LogP contribution in [0.4, 0.5) is 0 Å². The Morgan fingerprint density at radius 2 is 1.92 bits per heavy atom. The van der Waals surface area contributed by atoms with Gasteiger partial charge in [-0.15, -0.1) is 0 Å². The maximum absolute atomic E-state index is 12.3. The summed E-state index contributed by atoms with van der Waals surface area (Å²) in [4.78, 5) is 24.6. The van der Waals surface area contributed by atoms with Crippen LogP contribution < -0.4 is 4.74 Å². The number of aliphatic carboxylic acids is 1. The normalized spacial score (nSPS) is 11.6. The van der Waals surface area contributed by atoms with Crippen LogP contribution in [0.2, 0.25) is 0 Å². The van der Waals surface area contributed by atoms with Gasteiger partial charge in [-0.1, -0.05) is 25.5 Å². The molecule has 1 N–H and O–H groups in total. The number of benzene rings is 1. The quantitative estimate of drug-likeness (QED) is 0.750. The Bertz CT molecular complexity index is 590. The van der Waals surface area contributed by atoms with Gasteiger partial charge in [0.15, 0.2) is 6.61 Å². The SMILES string of the molecule is CCCC(c1ccc(OCC(=O)O)cc1)N(C(=O)CC#N)C(C)C. The van der Waals surface area contributed by atoms with Crippen molar-refractivity contribution >= 4 is 11.9 Å². The molecule has 0 radical (unpaired) electrons. The molecule has 0 aliphatic carbocycles. The van der Waals surface area contributed by atoms with Crippen LogP contribution in [0, 0.1) is 11.3 Å². The fourth-order valence-electron chi connectivity index (χ4n) is 2.65. The molecule has 0 fully saturated rings. The molecule has 1 rings (SSSR count). The molecule has 0 saturated carbocycles. The molecular weight excluding hydrogens is 308 g/mol. The largest absolute Gasteiger partial charge is 0.482 e. The topological polar surface area (TPSA) is 90.6 Å². The van der Waals surface area contributed by atoms with Gasteiger partial charge in [0, 0.05) is 6.04 Å². The first-order chi connectivity index (χ1) is 11.4. The molecular formula is C18H24N2O4. The van der Waals surface area contributed by atoms with E-state index in [0.29, 0.717) is 5.75 Å². The smallest absolute Gasteiger partial charge is 0.341 e. The number of carboxylic acids is 1. The summed E-state index contributed by atoms with van der Waals surface area (Å²) < 4.78 is 5.13. The van der Waals surface area contributed by atoms with E-state index < -0.39 is 12.6 Å². The van der Waals surface area contributed by atoms with Crippen LogP contribution in [0.5, 0.6) is 5.75 Å². The van der Waals surface area contributed by atoms with Crippen LogP contribution in [0.25, 0.3) is 0 Å². The van der Waals surface area contributed by atoms with Crippen molar-refractivity contribution in [2.75, 3.05) is 6.61 Å². The average Bonchev–Trinajstić information content (AvgIpc) is 2.53. The molecule has 130 valence electrons. The van der Waals surface area contributed by atoms with Crippen LogP contribution in [-0.4, -0.2) is 34.5 Å². The average molecular weight is 332 g/mol. The highest BCUT2D eigenvalue weighted by molar-refractivity contribution is 5.79. The first kappa shape index (κ1) is 19.5. The second-order valence-electron chi connectivity index (χ2n) is 5.79. The minimum Gasteiger partial charge on any atom is -0.482 e. The maximum Gasteiger partial charge on any atom is 0.341 e. The second kappa shape index (κ2) is 9.56. The van der Waals surface area contributed by atoms with Crippen LogP contribution in [0.15, 0.2) is 24.3 Å². The number of rotatable bonds is 9. The van der Waals surface area contributed by atoms with Gasteiger partial charge in [-0.3, -0.25) is 4.79 Å². The molecule has 6 nitrogen and oxygen atoms in total. The zero-order valence-electron chi connectivity index (χ0n) is 14.4. The number of ether oxygens (including phenoxy) is 1. The molecule has 0 spiro atoms. The third-order valence-corrected chi connectivity index (χ3v) is 3.60. The highest BCUT2D eigenvalue weighted by atomic mass is 16.5. The molecule has 1 aromatic rings. The zero-order valence-corrected chi connectivity index (χ0v) is 14.4. The van der Waals surface area contributed by atoms with Crippen LogP contribution >= 0.6 is 0 Å². The zero-order chi connectivity index (χ0) is 18.1. The van der Waals surface area contributed by atoms with Crippen LogP contribution in [0.3, 0.4) is 0 Å². The van der Waals surface area contributed by atoms with E-state index in [2.05, 4.69) is 0 Å². The fourth-order valence-corrected chi connectivity index (χ4v) is 2.65. The van der Waals surface area contributed by atoms with Gasteiger partial charge in [-0.25, -0.2) is 4.79 Å². The summed E-state index contributed by atoms with van der Waals surface area (Å²) in [6.07, 6.45) is 1.54. The lowest BCUT2D eigenvalue weighted by molar-refractivity contribution is -0.139. The Labute approximate surface area is 142 Å². The molecule has 24 heavy (non-hydrogen) atoms. The molecule has 1 atom stereocenters. The highest BCUT2D eigenvalue weighted by Gasteiger charge is 2.26. The molecule has 0 heterocycles. The van der Waals surface area contributed by atoms with E-state index in [4.69, 9.17) is 15.1 Å². The van der Waals surface area contributed by atoms with Gasteiger partial charge in [0.05, 0.1) is 12.1 Å². The Kier molecular flexibility index (Phi) is 7.76. The highest BCUT2D eigenvalue weighted by Crippen LogP contribution is 2.29. The van der Waals surface area contributed by atoms with E-state index in [9.17, 15) is 9.59 Å². The monoisotopic (exact) mass is 332 g/mol. The number of hydrogen-bond donors (Lipinski definition) is 1. The fraction of sp³-hybridized carbons (Fsp3) is 0.500. The summed E-state index contributed by atoms with van der Waals surface area (Å²) in [5.74, 6) is -0.746. The van der Waals surface area contributed by atoms with E-state index in [1.165, 1.54) is 0 Å². The van der Waals surface area contributed by atoms with E-state index in [0.717, 1.165) is 18.4 Å². The predicted octanol–water partition coefficient (Wildman–Crippen LogP) is 3.14. The number of hydrogen-bond acceptors (Lipinski definition) is 4. The predicted molar refractivity (Wildman–Crippen MR) is 89.4 cm³/mol. The summed E-state index contributed by atoms with van der Waals surface area (Å²) in [6, 6.07) is 8.86. The lowest BCUT2D eigenvalue weighted by Crippen LogP contribution is -2.39. The summed E-state index contributed by atoms with van der Waals surface area (Å²) >= 11 is 0. The Morgan fingerprint density at radius 1 is 1.29 bits per heavy atom. The number of carbonyl (C=O) groups is 2. The molecule has 0 aromatic heterocycles. The van der Waals surface area contributed by atoms with Crippen molar-refractivity contribution in [1.29, 1.82) is 5.26 Å². The Morgan fingerprint density at radius 3 is 2.38 bits per heavy atom. The van der Waals surface area contributed by atoms with Crippen LogP contribution in [0.1, 0.15) is 51.6 Å². The van der Waals surface area contributed by atoms with Gasteiger partial charge >= 0.3 is 5.97 Å². The molecule has 0 saturated heterocycles. The molecule has 1 aromatic carbocycles. The number of carboxylic acid groups (broad SMARTS) is 1. The van der Waals surface area contributed by atoms with Gasteiger partial charge in [0.2, 0.25) is 5.91 Å². The first-order valence-corrected chi connectivity index (χ1v) is 8.03. The second-order valence-corrected chi connectivity index (χ2v) is 5.79.